The third kappa shape index (κ3) is 2.80. The van der Waals surface area contributed by atoms with E-state index in [0.717, 1.165) is 13.2 Å². The van der Waals surface area contributed by atoms with Crippen molar-refractivity contribution in [3.63, 3.8) is 0 Å². The second kappa shape index (κ2) is 4.73. The molecule has 0 bridgehead atoms. The SMILES string of the molecule is CCCCN[C@H]1CCO[C@H]1C. The Bertz CT molecular complexity index is 106. The lowest BCUT2D eigenvalue weighted by Gasteiger charge is -2.15. The van der Waals surface area contributed by atoms with Crippen molar-refractivity contribution in [3.05, 3.63) is 0 Å². The van der Waals surface area contributed by atoms with Gasteiger partial charge in [-0.15, -0.1) is 0 Å². The Morgan fingerprint density at radius 3 is 2.91 bits per heavy atom. The number of hydrogen-bond donors (Lipinski definition) is 1. The van der Waals surface area contributed by atoms with Crippen LogP contribution in [-0.2, 0) is 4.74 Å². The predicted molar refractivity (Wildman–Crippen MR) is 46.7 cm³/mol. The van der Waals surface area contributed by atoms with E-state index in [1.165, 1.54) is 19.3 Å². The molecule has 0 saturated carbocycles. The lowest BCUT2D eigenvalue weighted by molar-refractivity contribution is 0.113. The minimum atomic E-state index is 0.423. The topological polar surface area (TPSA) is 21.3 Å². The number of nitrogens with one attached hydrogen (secondary N) is 1. The van der Waals surface area contributed by atoms with E-state index in [2.05, 4.69) is 19.2 Å². The van der Waals surface area contributed by atoms with Crippen LogP contribution in [0.15, 0.2) is 0 Å². The largest absolute Gasteiger partial charge is 0.377 e. The smallest absolute Gasteiger partial charge is 0.0700 e. The van der Waals surface area contributed by atoms with E-state index in [-0.39, 0.29) is 0 Å². The van der Waals surface area contributed by atoms with E-state index in [4.69, 9.17) is 4.74 Å². The fourth-order valence-corrected chi connectivity index (χ4v) is 1.46. The van der Waals surface area contributed by atoms with Gasteiger partial charge in [-0.05, 0) is 26.3 Å². The molecule has 1 aliphatic heterocycles. The minimum Gasteiger partial charge on any atom is -0.377 e. The monoisotopic (exact) mass is 157 g/mol. The summed E-state index contributed by atoms with van der Waals surface area (Å²) in [4.78, 5) is 0. The Hall–Kier alpha value is -0.0800. The number of rotatable bonds is 4. The van der Waals surface area contributed by atoms with Gasteiger partial charge in [-0.3, -0.25) is 0 Å². The summed E-state index contributed by atoms with van der Waals surface area (Å²) >= 11 is 0. The number of unbranched alkanes of at least 4 members (excludes halogenated alkanes) is 1. The third-order valence-electron chi connectivity index (χ3n) is 2.31. The molecule has 1 fully saturated rings. The highest BCUT2D eigenvalue weighted by atomic mass is 16.5. The molecule has 1 saturated heterocycles. The molecule has 2 atom stereocenters. The molecule has 1 heterocycles. The van der Waals surface area contributed by atoms with Gasteiger partial charge in [0, 0.05) is 12.6 Å². The second-order valence-electron chi connectivity index (χ2n) is 3.28. The van der Waals surface area contributed by atoms with Crippen molar-refractivity contribution in [1.29, 1.82) is 0 Å². The number of hydrogen-bond acceptors (Lipinski definition) is 2. The van der Waals surface area contributed by atoms with Crippen LogP contribution in [0.5, 0.6) is 0 Å². The Balaban J connectivity index is 2.05. The van der Waals surface area contributed by atoms with Crippen LogP contribution in [-0.4, -0.2) is 25.3 Å². The van der Waals surface area contributed by atoms with Crippen LogP contribution < -0.4 is 5.32 Å². The van der Waals surface area contributed by atoms with Crippen molar-refractivity contribution in [1.82, 2.24) is 5.32 Å². The summed E-state index contributed by atoms with van der Waals surface area (Å²) in [7, 11) is 0. The first-order valence-electron chi connectivity index (χ1n) is 4.69. The van der Waals surface area contributed by atoms with Gasteiger partial charge in [-0.1, -0.05) is 13.3 Å². The van der Waals surface area contributed by atoms with Gasteiger partial charge >= 0.3 is 0 Å². The van der Waals surface area contributed by atoms with Crippen LogP contribution in [0.2, 0.25) is 0 Å². The first kappa shape index (κ1) is 9.01. The van der Waals surface area contributed by atoms with Gasteiger partial charge in [-0.25, -0.2) is 0 Å². The zero-order chi connectivity index (χ0) is 8.10. The molecular formula is C9H19NO. The Kier molecular flexibility index (Phi) is 3.87. The second-order valence-corrected chi connectivity index (χ2v) is 3.28. The molecule has 0 unspecified atom stereocenters. The van der Waals surface area contributed by atoms with Gasteiger partial charge in [0.1, 0.15) is 0 Å². The van der Waals surface area contributed by atoms with Crippen molar-refractivity contribution >= 4 is 0 Å². The summed E-state index contributed by atoms with van der Waals surface area (Å²) in [5, 5.41) is 3.51. The van der Waals surface area contributed by atoms with Crippen molar-refractivity contribution in [2.75, 3.05) is 13.2 Å². The molecule has 1 rings (SSSR count). The molecule has 0 aromatic heterocycles. The van der Waals surface area contributed by atoms with Crippen LogP contribution in [0.3, 0.4) is 0 Å². The Morgan fingerprint density at radius 2 is 2.36 bits per heavy atom. The van der Waals surface area contributed by atoms with Crippen LogP contribution in [0.25, 0.3) is 0 Å². The summed E-state index contributed by atoms with van der Waals surface area (Å²) in [5.74, 6) is 0. The van der Waals surface area contributed by atoms with E-state index in [9.17, 15) is 0 Å². The van der Waals surface area contributed by atoms with Crippen LogP contribution in [0.1, 0.15) is 33.1 Å². The minimum absolute atomic E-state index is 0.423. The molecule has 0 aliphatic carbocycles. The average Bonchev–Trinajstić information content (AvgIpc) is 2.37. The average molecular weight is 157 g/mol. The van der Waals surface area contributed by atoms with Gasteiger partial charge < -0.3 is 10.1 Å². The molecule has 0 aromatic carbocycles. The highest BCUT2D eigenvalue weighted by Gasteiger charge is 2.22. The Morgan fingerprint density at radius 1 is 1.55 bits per heavy atom. The summed E-state index contributed by atoms with van der Waals surface area (Å²) in [5.41, 5.74) is 0. The summed E-state index contributed by atoms with van der Waals surface area (Å²) < 4.78 is 5.43. The van der Waals surface area contributed by atoms with E-state index in [0.29, 0.717) is 12.1 Å². The van der Waals surface area contributed by atoms with Gasteiger partial charge in [-0.2, -0.15) is 0 Å². The van der Waals surface area contributed by atoms with Gasteiger partial charge in [0.2, 0.25) is 0 Å². The van der Waals surface area contributed by atoms with Gasteiger partial charge in [0.05, 0.1) is 6.10 Å². The van der Waals surface area contributed by atoms with Crippen LogP contribution in [0.4, 0.5) is 0 Å². The molecule has 0 spiro atoms. The summed E-state index contributed by atoms with van der Waals surface area (Å²) in [6, 6.07) is 0.613. The van der Waals surface area contributed by atoms with Crippen molar-refractivity contribution in [3.8, 4) is 0 Å². The molecular weight excluding hydrogens is 138 g/mol. The van der Waals surface area contributed by atoms with Crippen LogP contribution >= 0.6 is 0 Å². The van der Waals surface area contributed by atoms with Crippen LogP contribution in [0, 0.1) is 0 Å². The summed E-state index contributed by atoms with van der Waals surface area (Å²) in [6.45, 7) is 6.45. The first-order chi connectivity index (χ1) is 5.34. The van der Waals surface area contributed by atoms with E-state index < -0.39 is 0 Å². The molecule has 11 heavy (non-hydrogen) atoms. The lowest BCUT2D eigenvalue weighted by atomic mass is 10.1. The lowest BCUT2D eigenvalue weighted by Crippen LogP contribution is -2.35. The van der Waals surface area contributed by atoms with Crippen molar-refractivity contribution < 1.29 is 4.74 Å². The zero-order valence-electron chi connectivity index (χ0n) is 7.60. The van der Waals surface area contributed by atoms with Gasteiger partial charge in [0.15, 0.2) is 0 Å². The molecule has 2 heteroatoms. The van der Waals surface area contributed by atoms with E-state index >= 15 is 0 Å². The quantitative estimate of drug-likeness (QED) is 0.625. The highest BCUT2D eigenvalue weighted by molar-refractivity contribution is 4.78. The normalized spacial score (nSPS) is 31.1. The van der Waals surface area contributed by atoms with Gasteiger partial charge in [0.25, 0.3) is 0 Å². The molecule has 2 nitrogen and oxygen atoms in total. The Labute approximate surface area is 69.3 Å². The molecule has 0 radical (unpaired) electrons. The first-order valence-corrected chi connectivity index (χ1v) is 4.69. The number of ether oxygens (including phenoxy) is 1. The van der Waals surface area contributed by atoms with Crippen molar-refractivity contribution in [2.45, 2.75) is 45.3 Å². The predicted octanol–water partition coefficient (Wildman–Crippen LogP) is 1.55. The fraction of sp³-hybridized carbons (Fsp3) is 1.00. The zero-order valence-corrected chi connectivity index (χ0v) is 7.60. The molecule has 1 N–H and O–H groups in total. The molecule has 0 amide bonds. The standard InChI is InChI=1S/C9H19NO/c1-3-4-6-10-9-5-7-11-8(9)2/h8-10H,3-7H2,1-2H3/t8-,9-/m0/s1. The fourth-order valence-electron chi connectivity index (χ4n) is 1.46. The molecule has 0 aromatic rings. The maximum atomic E-state index is 5.43. The molecule has 66 valence electrons. The van der Waals surface area contributed by atoms with E-state index in [1.54, 1.807) is 0 Å². The molecule has 1 aliphatic rings. The maximum absolute atomic E-state index is 5.43. The third-order valence-corrected chi connectivity index (χ3v) is 2.31. The van der Waals surface area contributed by atoms with Crippen molar-refractivity contribution in [2.24, 2.45) is 0 Å². The summed E-state index contributed by atoms with van der Waals surface area (Å²) in [6.07, 6.45) is 4.16. The maximum Gasteiger partial charge on any atom is 0.0700 e. The highest BCUT2D eigenvalue weighted by Crippen LogP contribution is 2.12. The van der Waals surface area contributed by atoms with E-state index in [1.807, 2.05) is 0 Å².